The lowest BCUT2D eigenvalue weighted by atomic mass is 10.2. The van der Waals surface area contributed by atoms with Gasteiger partial charge in [0, 0.05) is 5.56 Å². The van der Waals surface area contributed by atoms with Crippen LogP contribution in [0.3, 0.4) is 0 Å². The van der Waals surface area contributed by atoms with E-state index >= 15 is 0 Å². The molecule has 0 saturated carbocycles. The molecule has 3 nitrogen and oxygen atoms in total. The first kappa shape index (κ1) is 10.4. The van der Waals surface area contributed by atoms with Gasteiger partial charge in [-0.25, -0.2) is 0 Å². The standard InChI is InChI=1S/C11H14O3/c1-12-10(11(13-2)14-3)9-7-5-4-6-8-9/h4-8H,1-3H3. The average molecular weight is 194 g/mol. The number of ether oxygens (including phenoxy) is 3. The molecule has 76 valence electrons. The fraction of sp³-hybridized carbons (Fsp3) is 0.273. The molecule has 0 radical (unpaired) electrons. The van der Waals surface area contributed by atoms with E-state index in [1.54, 1.807) is 21.3 Å². The largest absolute Gasteiger partial charge is 0.490 e. The predicted molar refractivity (Wildman–Crippen MR) is 54.4 cm³/mol. The molecule has 0 aliphatic carbocycles. The highest BCUT2D eigenvalue weighted by molar-refractivity contribution is 5.60. The van der Waals surface area contributed by atoms with Crippen molar-refractivity contribution < 1.29 is 14.2 Å². The van der Waals surface area contributed by atoms with Crippen LogP contribution in [0.2, 0.25) is 0 Å². The van der Waals surface area contributed by atoms with E-state index in [0.717, 1.165) is 5.56 Å². The number of hydrogen-bond donors (Lipinski definition) is 0. The van der Waals surface area contributed by atoms with Crippen LogP contribution in [0.5, 0.6) is 0 Å². The zero-order valence-electron chi connectivity index (χ0n) is 8.61. The van der Waals surface area contributed by atoms with Crippen molar-refractivity contribution in [3.63, 3.8) is 0 Å². The second-order valence-electron chi connectivity index (χ2n) is 2.59. The van der Waals surface area contributed by atoms with E-state index in [4.69, 9.17) is 14.2 Å². The molecule has 3 heteroatoms. The molecule has 0 N–H and O–H groups in total. The van der Waals surface area contributed by atoms with E-state index in [9.17, 15) is 0 Å². The Morgan fingerprint density at radius 2 is 1.43 bits per heavy atom. The zero-order chi connectivity index (χ0) is 10.4. The van der Waals surface area contributed by atoms with Crippen LogP contribution in [-0.4, -0.2) is 21.3 Å². The first-order valence-electron chi connectivity index (χ1n) is 4.25. The van der Waals surface area contributed by atoms with Gasteiger partial charge in [-0.15, -0.1) is 0 Å². The second kappa shape index (κ2) is 5.17. The van der Waals surface area contributed by atoms with Gasteiger partial charge in [0.25, 0.3) is 0 Å². The maximum absolute atomic E-state index is 5.21. The second-order valence-corrected chi connectivity index (χ2v) is 2.59. The Bertz CT molecular complexity index is 298. The summed E-state index contributed by atoms with van der Waals surface area (Å²) in [6.45, 7) is 0. The lowest BCUT2D eigenvalue weighted by Crippen LogP contribution is -1.98. The quantitative estimate of drug-likeness (QED) is 0.688. The van der Waals surface area contributed by atoms with Crippen LogP contribution in [0.15, 0.2) is 36.3 Å². The smallest absolute Gasteiger partial charge is 0.323 e. The number of hydrogen-bond acceptors (Lipinski definition) is 3. The third-order valence-electron chi connectivity index (χ3n) is 1.80. The maximum Gasteiger partial charge on any atom is 0.323 e. The van der Waals surface area contributed by atoms with Gasteiger partial charge in [0.15, 0.2) is 0 Å². The highest BCUT2D eigenvalue weighted by atomic mass is 16.7. The first-order chi connectivity index (χ1) is 6.83. The van der Waals surface area contributed by atoms with Gasteiger partial charge in [-0.2, -0.15) is 0 Å². The summed E-state index contributed by atoms with van der Waals surface area (Å²) in [4.78, 5) is 0. The molecule has 0 amide bonds. The molecule has 0 aromatic heterocycles. The minimum absolute atomic E-state index is 0.374. The average Bonchev–Trinajstić information content (AvgIpc) is 2.27. The summed E-state index contributed by atoms with van der Waals surface area (Å²) in [6, 6.07) is 9.65. The number of rotatable bonds is 4. The van der Waals surface area contributed by atoms with Crippen LogP contribution in [0.25, 0.3) is 5.76 Å². The molecule has 0 aliphatic rings. The maximum atomic E-state index is 5.21. The summed E-state index contributed by atoms with van der Waals surface area (Å²) in [5.74, 6) is 0.967. The van der Waals surface area contributed by atoms with Gasteiger partial charge in [0.2, 0.25) is 5.76 Å². The SMILES string of the molecule is COC(OC)=C(OC)c1ccccc1. The molecule has 0 heterocycles. The Morgan fingerprint density at radius 3 is 1.86 bits per heavy atom. The molecule has 0 spiro atoms. The summed E-state index contributed by atoms with van der Waals surface area (Å²) >= 11 is 0. The van der Waals surface area contributed by atoms with Gasteiger partial charge < -0.3 is 14.2 Å². The monoisotopic (exact) mass is 194 g/mol. The topological polar surface area (TPSA) is 27.7 Å². The predicted octanol–water partition coefficient (Wildman–Crippen LogP) is 2.25. The van der Waals surface area contributed by atoms with E-state index in [1.165, 1.54) is 0 Å². The van der Waals surface area contributed by atoms with Gasteiger partial charge in [-0.05, 0) is 0 Å². The molecule has 0 unspecified atom stereocenters. The molecule has 1 rings (SSSR count). The molecule has 0 atom stereocenters. The van der Waals surface area contributed by atoms with Crippen molar-refractivity contribution in [1.82, 2.24) is 0 Å². The van der Waals surface area contributed by atoms with E-state index in [0.29, 0.717) is 11.7 Å². The highest BCUT2D eigenvalue weighted by Crippen LogP contribution is 2.19. The van der Waals surface area contributed by atoms with Gasteiger partial charge >= 0.3 is 5.95 Å². The van der Waals surface area contributed by atoms with E-state index in [-0.39, 0.29) is 0 Å². The zero-order valence-corrected chi connectivity index (χ0v) is 8.61. The molecule has 0 saturated heterocycles. The summed E-state index contributed by atoms with van der Waals surface area (Å²) in [5, 5.41) is 0. The molecule has 14 heavy (non-hydrogen) atoms. The lowest BCUT2D eigenvalue weighted by Gasteiger charge is -2.11. The normalized spacial score (nSPS) is 9.07. The fourth-order valence-electron chi connectivity index (χ4n) is 1.18. The minimum Gasteiger partial charge on any atom is -0.490 e. The number of benzene rings is 1. The van der Waals surface area contributed by atoms with Crippen LogP contribution in [0.4, 0.5) is 0 Å². The molecule has 0 bridgehead atoms. The highest BCUT2D eigenvalue weighted by Gasteiger charge is 2.10. The van der Waals surface area contributed by atoms with Crippen molar-refractivity contribution in [2.24, 2.45) is 0 Å². The molecule has 1 aromatic carbocycles. The molecule has 1 aromatic rings. The molecule has 0 aliphatic heterocycles. The Kier molecular flexibility index (Phi) is 3.85. The summed E-state index contributed by atoms with van der Waals surface area (Å²) in [7, 11) is 4.67. The van der Waals surface area contributed by atoms with E-state index in [2.05, 4.69) is 0 Å². The lowest BCUT2D eigenvalue weighted by molar-refractivity contribution is 0.0871. The Hall–Kier alpha value is -1.64. The third kappa shape index (κ3) is 2.19. The van der Waals surface area contributed by atoms with Crippen LogP contribution in [0, 0.1) is 0 Å². The Labute approximate surface area is 83.9 Å². The summed E-state index contributed by atoms with van der Waals surface area (Å²) in [5.41, 5.74) is 0.925. The Balaban J connectivity index is 3.09. The third-order valence-corrected chi connectivity index (χ3v) is 1.80. The first-order valence-corrected chi connectivity index (χ1v) is 4.25. The Morgan fingerprint density at radius 1 is 0.857 bits per heavy atom. The van der Waals surface area contributed by atoms with E-state index in [1.807, 2.05) is 30.3 Å². The van der Waals surface area contributed by atoms with Crippen LogP contribution < -0.4 is 0 Å². The number of methoxy groups -OCH3 is 3. The summed E-state index contributed by atoms with van der Waals surface area (Å²) in [6.07, 6.45) is 0. The van der Waals surface area contributed by atoms with Crippen molar-refractivity contribution in [2.45, 2.75) is 0 Å². The van der Waals surface area contributed by atoms with Crippen molar-refractivity contribution >= 4 is 5.76 Å². The molecular weight excluding hydrogens is 180 g/mol. The molecular formula is C11H14O3. The van der Waals surface area contributed by atoms with Crippen molar-refractivity contribution in [3.05, 3.63) is 41.8 Å². The fourth-order valence-corrected chi connectivity index (χ4v) is 1.18. The summed E-state index contributed by atoms with van der Waals surface area (Å²) < 4.78 is 15.3. The van der Waals surface area contributed by atoms with Gasteiger partial charge in [-0.1, -0.05) is 30.3 Å². The van der Waals surface area contributed by atoms with E-state index < -0.39 is 0 Å². The van der Waals surface area contributed by atoms with Crippen molar-refractivity contribution in [3.8, 4) is 0 Å². The van der Waals surface area contributed by atoms with Gasteiger partial charge in [0.1, 0.15) is 0 Å². The van der Waals surface area contributed by atoms with Gasteiger partial charge in [0.05, 0.1) is 21.3 Å². The van der Waals surface area contributed by atoms with Crippen LogP contribution in [-0.2, 0) is 14.2 Å². The minimum atomic E-state index is 0.374. The van der Waals surface area contributed by atoms with Gasteiger partial charge in [-0.3, -0.25) is 0 Å². The van der Waals surface area contributed by atoms with Crippen LogP contribution in [0.1, 0.15) is 5.56 Å². The van der Waals surface area contributed by atoms with Crippen molar-refractivity contribution in [1.29, 1.82) is 0 Å². The van der Waals surface area contributed by atoms with Crippen molar-refractivity contribution in [2.75, 3.05) is 21.3 Å². The molecule has 0 fully saturated rings. The van der Waals surface area contributed by atoms with Crippen LogP contribution >= 0.6 is 0 Å².